The van der Waals surface area contributed by atoms with Crippen LogP contribution in [-0.4, -0.2) is 14.5 Å². The predicted octanol–water partition coefficient (Wildman–Crippen LogP) is 4.28. The molecule has 2 aromatic heterocycles. The van der Waals surface area contributed by atoms with Gasteiger partial charge in [-0.2, -0.15) is 0 Å². The van der Waals surface area contributed by atoms with Crippen LogP contribution >= 0.6 is 27.3 Å². The third-order valence-corrected chi connectivity index (χ3v) is 5.36. The van der Waals surface area contributed by atoms with E-state index >= 15 is 0 Å². The van der Waals surface area contributed by atoms with Crippen molar-refractivity contribution >= 4 is 48.4 Å². The SMILES string of the molecule is Cc1cc(Br)c2nc(-c3cccc4ncsc34)n(C)c(=O)c2c1. The van der Waals surface area contributed by atoms with Gasteiger partial charge in [0.25, 0.3) is 5.56 Å². The van der Waals surface area contributed by atoms with Crippen LogP contribution in [-0.2, 0) is 7.05 Å². The molecule has 2 heterocycles. The van der Waals surface area contributed by atoms with E-state index in [2.05, 4.69) is 20.9 Å². The molecule has 0 aliphatic carbocycles. The molecule has 0 radical (unpaired) electrons. The first-order valence-corrected chi connectivity index (χ1v) is 8.73. The van der Waals surface area contributed by atoms with Crippen LogP contribution in [0.5, 0.6) is 0 Å². The van der Waals surface area contributed by atoms with E-state index in [9.17, 15) is 4.79 Å². The Morgan fingerprint density at radius 1 is 1.26 bits per heavy atom. The van der Waals surface area contributed by atoms with Crippen molar-refractivity contribution in [3.05, 3.63) is 56.2 Å². The second-order valence-corrected chi connectivity index (χ2v) is 7.16. The molecule has 0 aliphatic rings. The molecule has 6 heteroatoms. The van der Waals surface area contributed by atoms with Gasteiger partial charge in [0.1, 0.15) is 5.82 Å². The third-order valence-electron chi connectivity index (χ3n) is 3.88. The first-order valence-electron chi connectivity index (χ1n) is 7.06. The number of halogens is 1. The van der Waals surface area contributed by atoms with Gasteiger partial charge in [0.05, 0.1) is 26.6 Å². The van der Waals surface area contributed by atoms with Gasteiger partial charge in [-0.15, -0.1) is 11.3 Å². The summed E-state index contributed by atoms with van der Waals surface area (Å²) in [4.78, 5) is 21.9. The molecular formula is C17H12BrN3OS. The van der Waals surface area contributed by atoms with E-state index < -0.39 is 0 Å². The summed E-state index contributed by atoms with van der Waals surface area (Å²) in [6.45, 7) is 1.97. The summed E-state index contributed by atoms with van der Waals surface area (Å²) in [5.41, 5.74) is 5.34. The first kappa shape index (κ1) is 14.5. The van der Waals surface area contributed by atoms with Gasteiger partial charge >= 0.3 is 0 Å². The van der Waals surface area contributed by atoms with Crippen LogP contribution in [0.4, 0.5) is 0 Å². The number of hydrogen-bond acceptors (Lipinski definition) is 4. The van der Waals surface area contributed by atoms with Gasteiger partial charge in [0.2, 0.25) is 0 Å². The van der Waals surface area contributed by atoms with E-state index in [1.165, 1.54) is 0 Å². The van der Waals surface area contributed by atoms with Crippen molar-refractivity contribution in [3.8, 4) is 11.4 Å². The maximum Gasteiger partial charge on any atom is 0.261 e. The van der Waals surface area contributed by atoms with Gasteiger partial charge in [0.15, 0.2) is 0 Å². The van der Waals surface area contributed by atoms with E-state index in [-0.39, 0.29) is 5.56 Å². The normalized spacial score (nSPS) is 11.4. The number of fused-ring (bicyclic) bond motifs is 2. The number of aryl methyl sites for hydroxylation is 1. The van der Waals surface area contributed by atoms with Gasteiger partial charge in [-0.1, -0.05) is 6.07 Å². The van der Waals surface area contributed by atoms with E-state index in [4.69, 9.17) is 4.98 Å². The summed E-state index contributed by atoms with van der Waals surface area (Å²) in [5.74, 6) is 0.655. The minimum atomic E-state index is -0.0454. The quantitative estimate of drug-likeness (QED) is 0.491. The molecule has 0 saturated carbocycles. The summed E-state index contributed by atoms with van der Waals surface area (Å²) in [6.07, 6.45) is 0. The van der Waals surface area contributed by atoms with Crippen molar-refractivity contribution in [1.29, 1.82) is 0 Å². The molecule has 114 valence electrons. The monoisotopic (exact) mass is 385 g/mol. The maximum absolute atomic E-state index is 12.8. The standard InChI is InChI=1S/C17H12BrN3OS/c1-9-6-11-14(12(18)7-9)20-16(21(2)17(11)22)10-4-3-5-13-15(10)23-8-19-13/h3-8H,1-2H3. The lowest BCUT2D eigenvalue weighted by molar-refractivity contribution is 0.856. The van der Waals surface area contributed by atoms with E-state index in [0.717, 1.165) is 25.8 Å². The minimum Gasteiger partial charge on any atom is -0.295 e. The lowest BCUT2D eigenvalue weighted by atomic mass is 10.1. The Labute approximate surface area is 144 Å². The van der Waals surface area contributed by atoms with Crippen molar-refractivity contribution in [3.63, 3.8) is 0 Å². The Hall–Kier alpha value is -2.05. The summed E-state index contributed by atoms with van der Waals surface area (Å²) in [7, 11) is 1.76. The number of rotatable bonds is 1. The van der Waals surface area contributed by atoms with Gasteiger partial charge < -0.3 is 0 Å². The molecule has 0 bridgehead atoms. The molecule has 0 saturated heterocycles. The maximum atomic E-state index is 12.8. The number of aromatic nitrogens is 3. The molecule has 23 heavy (non-hydrogen) atoms. The molecule has 4 aromatic rings. The highest BCUT2D eigenvalue weighted by Crippen LogP contribution is 2.31. The van der Waals surface area contributed by atoms with Gasteiger partial charge in [-0.25, -0.2) is 9.97 Å². The summed E-state index contributed by atoms with van der Waals surface area (Å²) in [6, 6.07) is 9.75. The van der Waals surface area contributed by atoms with Crippen LogP contribution in [0, 0.1) is 6.92 Å². The van der Waals surface area contributed by atoms with Gasteiger partial charge in [-0.05, 0) is 52.7 Å². The molecule has 0 N–H and O–H groups in total. The Kier molecular flexibility index (Phi) is 3.32. The molecular weight excluding hydrogens is 374 g/mol. The molecule has 0 amide bonds. The van der Waals surface area contributed by atoms with E-state index in [1.54, 1.807) is 23.0 Å². The highest BCUT2D eigenvalue weighted by Gasteiger charge is 2.15. The van der Waals surface area contributed by atoms with Crippen molar-refractivity contribution < 1.29 is 0 Å². The molecule has 0 spiro atoms. The smallest absolute Gasteiger partial charge is 0.261 e. The van der Waals surface area contributed by atoms with Crippen LogP contribution in [0.1, 0.15) is 5.56 Å². The largest absolute Gasteiger partial charge is 0.295 e. The molecule has 0 unspecified atom stereocenters. The van der Waals surface area contributed by atoms with Crippen molar-refractivity contribution in [2.45, 2.75) is 6.92 Å². The highest BCUT2D eigenvalue weighted by molar-refractivity contribution is 9.10. The average Bonchev–Trinajstić information content (AvgIpc) is 3.00. The average molecular weight is 386 g/mol. The lowest BCUT2D eigenvalue weighted by Crippen LogP contribution is -2.20. The lowest BCUT2D eigenvalue weighted by Gasteiger charge is -2.11. The van der Waals surface area contributed by atoms with Crippen LogP contribution in [0.3, 0.4) is 0 Å². The van der Waals surface area contributed by atoms with Gasteiger partial charge in [-0.3, -0.25) is 9.36 Å². The zero-order valence-electron chi connectivity index (χ0n) is 12.5. The molecule has 0 aliphatic heterocycles. The summed E-state index contributed by atoms with van der Waals surface area (Å²) < 4.78 is 3.49. The predicted molar refractivity (Wildman–Crippen MR) is 98.0 cm³/mol. The van der Waals surface area contributed by atoms with E-state index in [1.807, 2.05) is 42.8 Å². The Bertz CT molecular complexity index is 1130. The highest BCUT2D eigenvalue weighted by atomic mass is 79.9. The second-order valence-electron chi connectivity index (χ2n) is 5.45. The fraction of sp³-hybridized carbons (Fsp3) is 0.118. The third kappa shape index (κ3) is 2.21. The Balaban J connectivity index is 2.15. The number of thiazole rings is 1. The number of nitrogens with zero attached hydrogens (tertiary/aromatic N) is 3. The topological polar surface area (TPSA) is 47.8 Å². The fourth-order valence-electron chi connectivity index (χ4n) is 2.77. The fourth-order valence-corrected chi connectivity index (χ4v) is 4.23. The summed E-state index contributed by atoms with van der Waals surface area (Å²) in [5, 5.41) is 0.625. The van der Waals surface area contributed by atoms with Crippen molar-refractivity contribution in [2.75, 3.05) is 0 Å². The van der Waals surface area contributed by atoms with Crippen LogP contribution < -0.4 is 5.56 Å². The summed E-state index contributed by atoms with van der Waals surface area (Å²) >= 11 is 5.09. The zero-order valence-corrected chi connectivity index (χ0v) is 14.9. The Morgan fingerprint density at radius 2 is 2.09 bits per heavy atom. The minimum absolute atomic E-state index is 0.0454. The van der Waals surface area contributed by atoms with Crippen LogP contribution in [0.15, 0.2) is 45.1 Å². The van der Waals surface area contributed by atoms with Crippen molar-refractivity contribution in [1.82, 2.24) is 14.5 Å². The Morgan fingerprint density at radius 3 is 2.91 bits per heavy atom. The number of benzene rings is 2. The first-order chi connectivity index (χ1) is 11.1. The van der Waals surface area contributed by atoms with Crippen LogP contribution in [0.2, 0.25) is 0 Å². The molecule has 2 aromatic carbocycles. The van der Waals surface area contributed by atoms with Crippen LogP contribution in [0.25, 0.3) is 32.5 Å². The van der Waals surface area contributed by atoms with E-state index in [0.29, 0.717) is 16.7 Å². The molecule has 0 atom stereocenters. The van der Waals surface area contributed by atoms with Gasteiger partial charge in [0, 0.05) is 17.1 Å². The molecule has 4 nitrogen and oxygen atoms in total. The number of hydrogen-bond donors (Lipinski definition) is 0. The van der Waals surface area contributed by atoms with Crippen molar-refractivity contribution in [2.24, 2.45) is 7.05 Å². The molecule has 0 fully saturated rings. The second kappa shape index (κ2) is 5.25. The zero-order chi connectivity index (χ0) is 16.1. The molecule has 4 rings (SSSR count).